The third-order valence-electron chi connectivity index (χ3n) is 4.07. The first-order valence-electron chi connectivity index (χ1n) is 6.33. The van der Waals surface area contributed by atoms with Crippen LogP contribution in [0.25, 0.3) is 0 Å². The molecule has 3 rings (SSSR count). The molecule has 0 saturated heterocycles. The Bertz CT molecular complexity index is 548. The summed E-state index contributed by atoms with van der Waals surface area (Å²) in [6, 6.07) is 3.60. The Hall–Kier alpha value is -1.77. The zero-order valence-electron chi connectivity index (χ0n) is 10.6. The van der Waals surface area contributed by atoms with E-state index in [4.69, 9.17) is 0 Å². The van der Waals surface area contributed by atoms with Crippen LogP contribution < -0.4 is 10.4 Å². The average Bonchev–Trinajstić information content (AvgIpc) is 2.75. The van der Waals surface area contributed by atoms with Gasteiger partial charge in [-0.3, -0.25) is 0 Å². The lowest BCUT2D eigenvalue weighted by Crippen LogP contribution is -2.49. The number of nitrogens with one attached hydrogen (secondary N) is 1. The van der Waals surface area contributed by atoms with Crippen molar-refractivity contribution in [3.05, 3.63) is 41.0 Å². The molecule has 0 bridgehead atoms. The molecule has 0 saturated carbocycles. The van der Waals surface area contributed by atoms with Gasteiger partial charge in [0.05, 0.1) is 12.0 Å². The van der Waals surface area contributed by atoms with Crippen molar-refractivity contribution in [1.29, 1.82) is 0 Å². The van der Waals surface area contributed by atoms with Crippen molar-refractivity contribution in [3.8, 4) is 0 Å². The average molecular weight is 242 g/mol. The number of hydrogen-bond acceptors (Lipinski definition) is 3. The highest BCUT2D eigenvalue weighted by atomic mass is 16.4. The van der Waals surface area contributed by atoms with E-state index in [1.54, 1.807) is 0 Å². The number of benzene rings is 1. The molecule has 2 aliphatic rings. The quantitative estimate of drug-likeness (QED) is 0.759. The van der Waals surface area contributed by atoms with Gasteiger partial charge in [-0.2, -0.15) is 0 Å². The monoisotopic (exact) mass is 242 g/mol. The molecule has 0 spiro atoms. The smallest absolute Gasteiger partial charge is 0.0698 e. The van der Waals surface area contributed by atoms with Crippen molar-refractivity contribution in [3.63, 3.8) is 0 Å². The largest absolute Gasteiger partial charge is 0.548 e. The predicted octanol–water partition coefficient (Wildman–Crippen LogP) is 1.51. The van der Waals surface area contributed by atoms with E-state index in [-0.39, 0.29) is 11.8 Å². The molecule has 1 aromatic rings. The number of aryl methyl sites for hydroxylation is 2. The summed E-state index contributed by atoms with van der Waals surface area (Å²) in [6.07, 6.45) is 5.03. The fourth-order valence-corrected chi connectivity index (χ4v) is 3.37. The summed E-state index contributed by atoms with van der Waals surface area (Å²) in [4.78, 5) is 11.3. The van der Waals surface area contributed by atoms with E-state index in [1.807, 2.05) is 13.0 Å². The molecule has 1 aliphatic carbocycles. The second-order valence-corrected chi connectivity index (χ2v) is 5.34. The van der Waals surface area contributed by atoms with Gasteiger partial charge in [0.25, 0.3) is 0 Å². The second kappa shape index (κ2) is 3.87. The number of carboxylic acids is 1. The van der Waals surface area contributed by atoms with Gasteiger partial charge in [0.15, 0.2) is 0 Å². The molecule has 1 aliphatic heterocycles. The maximum atomic E-state index is 11.3. The van der Waals surface area contributed by atoms with Gasteiger partial charge in [-0.05, 0) is 48.9 Å². The SMILES string of the molecule is Cc1cc(C)c2c(c1)N[C@@H](C(=O)[O-])[C@H]1CC=C[C@H]21. The molecular weight excluding hydrogens is 226 g/mol. The first-order chi connectivity index (χ1) is 8.58. The maximum absolute atomic E-state index is 11.3. The minimum Gasteiger partial charge on any atom is -0.548 e. The highest BCUT2D eigenvalue weighted by Gasteiger charge is 2.38. The summed E-state index contributed by atoms with van der Waals surface area (Å²) in [5.41, 5.74) is 4.58. The molecule has 0 fully saturated rings. The first-order valence-corrected chi connectivity index (χ1v) is 6.33. The fourth-order valence-electron chi connectivity index (χ4n) is 3.37. The zero-order valence-corrected chi connectivity index (χ0v) is 10.6. The van der Waals surface area contributed by atoms with Gasteiger partial charge in [0.1, 0.15) is 0 Å². The molecule has 3 atom stereocenters. The van der Waals surface area contributed by atoms with Crippen LogP contribution in [0.2, 0.25) is 0 Å². The van der Waals surface area contributed by atoms with Crippen molar-refractivity contribution < 1.29 is 9.90 Å². The molecule has 94 valence electrons. The van der Waals surface area contributed by atoms with Crippen LogP contribution in [-0.2, 0) is 4.79 Å². The second-order valence-electron chi connectivity index (χ2n) is 5.34. The summed E-state index contributed by atoms with van der Waals surface area (Å²) in [5.74, 6) is -0.702. The van der Waals surface area contributed by atoms with E-state index >= 15 is 0 Å². The Morgan fingerprint density at radius 1 is 1.39 bits per heavy atom. The van der Waals surface area contributed by atoms with Crippen LogP contribution >= 0.6 is 0 Å². The van der Waals surface area contributed by atoms with E-state index in [0.29, 0.717) is 0 Å². The normalized spacial score (nSPS) is 28.4. The summed E-state index contributed by atoms with van der Waals surface area (Å²) in [7, 11) is 0. The first kappa shape index (κ1) is 11.3. The number of allylic oxidation sites excluding steroid dienone is 2. The van der Waals surface area contributed by atoms with Gasteiger partial charge in [-0.15, -0.1) is 0 Å². The van der Waals surface area contributed by atoms with Crippen LogP contribution in [0.15, 0.2) is 24.3 Å². The van der Waals surface area contributed by atoms with Gasteiger partial charge in [0.2, 0.25) is 0 Å². The van der Waals surface area contributed by atoms with Gasteiger partial charge in [-0.1, -0.05) is 18.2 Å². The highest BCUT2D eigenvalue weighted by Crippen LogP contribution is 2.46. The van der Waals surface area contributed by atoms with E-state index < -0.39 is 12.0 Å². The van der Waals surface area contributed by atoms with Crippen molar-refractivity contribution in [2.45, 2.75) is 32.2 Å². The zero-order chi connectivity index (χ0) is 12.9. The molecule has 3 heteroatoms. The van der Waals surface area contributed by atoms with Gasteiger partial charge in [-0.25, -0.2) is 0 Å². The Morgan fingerprint density at radius 3 is 2.89 bits per heavy atom. The number of carbonyl (C=O) groups excluding carboxylic acids is 1. The molecule has 1 heterocycles. The summed E-state index contributed by atoms with van der Waals surface area (Å²) in [5, 5.41) is 14.4. The lowest BCUT2D eigenvalue weighted by atomic mass is 9.77. The van der Waals surface area contributed by atoms with Crippen LogP contribution in [0.1, 0.15) is 29.0 Å². The molecule has 0 unspecified atom stereocenters. The van der Waals surface area contributed by atoms with Gasteiger partial charge >= 0.3 is 0 Å². The van der Waals surface area contributed by atoms with Gasteiger partial charge in [0, 0.05) is 11.6 Å². The van der Waals surface area contributed by atoms with Crippen molar-refractivity contribution in [1.82, 2.24) is 0 Å². The number of anilines is 1. The molecule has 3 nitrogen and oxygen atoms in total. The molecule has 1 aromatic carbocycles. The van der Waals surface area contributed by atoms with Crippen LogP contribution in [0.5, 0.6) is 0 Å². The molecule has 0 radical (unpaired) electrons. The molecular formula is C15H16NO2-. The van der Waals surface area contributed by atoms with Crippen LogP contribution in [-0.4, -0.2) is 12.0 Å². The van der Waals surface area contributed by atoms with Crippen molar-refractivity contribution in [2.75, 3.05) is 5.32 Å². The Kier molecular flexibility index (Phi) is 2.44. The predicted molar refractivity (Wildman–Crippen MR) is 68.3 cm³/mol. The number of fused-ring (bicyclic) bond motifs is 3. The Labute approximate surface area is 107 Å². The third kappa shape index (κ3) is 1.54. The van der Waals surface area contributed by atoms with E-state index in [2.05, 4.69) is 30.5 Å². The summed E-state index contributed by atoms with van der Waals surface area (Å²) >= 11 is 0. The molecule has 0 amide bonds. The summed E-state index contributed by atoms with van der Waals surface area (Å²) < 4.78 is 0. The van der Waals surface area contributed by atoms with Crippen LogP contribution in [0.4, 0.5) is 5.69 Å². The lowest BCUT2D eigenvalue weighted by Gasteiger charge is -2.38. The third-order valence-corrected chi connectivity index (χ3v) is 4.07. The topological polar surface area (TPSA) is 52.2 Å². The van der Waals surface area contributed by atoms with Crippen molar-refractivity contribution >= 4 is 11.7 Å². The molecule has 1 N–H and O–H groups in total. The lowest BCUT2D eigenvalue weighted by molar-refractivity contribution is -0.308. The minimum absolute atomic E-state index is 0.0870. The van der Waals surface area contributed by atoms with Crippen LogP contribution in [0, 0.1) is 19.8 Å². The minimum atomic E-state index is -1.00. The number of hydrogen-bond donors (Lipinski definition) is 1. The molecule has 0 aromatic heterocycles. The molecule has 18 heavy (non-hydrogen) atoms. The number of carbonyl (C=O) groups is 1. The highest BCUT2D eigenvalue weighted by molar-refractivity contribution is 5.79. The van der Waals surface area contributed by atoms with Gasteiger partial charge < -0.3 is 15.2 Å². The van der Waals surface area contributed by atoms with E-state index in [0.717, 1.165) is 17.7 Å². The van der Waals surface area contributed by atoms with Crippen LogP contribution in [0.3, 0.4) is 0 Å². The number of carboxylic acid groups (broad SMARTS) is 1. The van der Waals surface area contributed by atoms with E-state index in [1.165, 1.54) is 11.1 Å². The summed E-state index contributed by atoms with van der Waals surface area (Å²) in [6.45, 7) is 4.12. The Balaban J connectivity index is 2.14. The fraction of sp³-hybridized carbons (Fsp3) is 0.400. The standard InChI is InChI=1S/C15H17NO2/c1-8-6-9(2)13-10-4-3-5-11(10)14(15(17)18)16-12(13)7-8/h3-4,6-7,10-11,14,16H,5H2,1-2H3,(H,17,18)/p-1/t10-,11-,14+/m0/s1. The van der Waals surface area contributed by atoms with E-state index in [9.17, 15) is 9.90 Å². The van der Waals surface area contributed by atoms with Crippen molar-refractivity contribution in [2.24, 2.45) is 5.92 Å². The number of aliphatic carboxylic acids is 1. The maximum Gasteiger partial charge on any atom is 0.0698 e. The number of rotatable bonds is 1. The Morgan fingerprint density at radius 2 is 2.17 bits per heavy atom.